The molecular formula is C15H15N3O3. The lowest BCUT2D eigenvalue weighted by Crippen LogP contribution is -2.26. The quantitative estimate of drug-likeness (QED) is 0.512. The fourth-order valence-corrected chi connectivity index (χ4v) is 1.95. The first kappa shape index (κ1) is 14.5. The predicted molar refractivity (Wildman–Crippen MR) is 79.8 cm³/mol. The van der Waals surface area contributed by atoms with Crippen molar-refractivity contribution in [1.29, 1.82) is 0 Å². The van der Waals surface area contributed by atoms with Gasteiger partial charge in [0.15, 0.2) is 0 Å². The molecule has 0 radical (unpaired) electrons. The summed E-state index contributed by atoms with van der Waals surface area (Å²) in [7, 11) is 0. The van der Waals surface area contributed by atoms with Crippen molar-refractivity contribution in [3.8, 4) is 0 Å². The Morgan fingerprint density at radius 2 is 1.90 bits per heavy atom. The van der Waals surface area contributed by atoms with Crippen LogP contribution in [-0.2, 0) is 0 Å². The number of anilines is 1. The third-order valence-corrected chi connectivity index (χ3v) is 3.14. The first-order valence-corrected chi connectivity index (χ1v) is 6.38. The third kappa shape index (κ3) is 3.36. The number of nitrogens with two attached hydrogens (primary N) is 1. The highest BCUT2D eigenvalue weighted by Crippen LogP contribution is 2.22. The largest absolute Gasteiger partial charge is 0.393 e. The normalized spacial score (nSPS) is 11.7. The summed E-state index contributed by atoms with van der Waals surface area (Å²) in [4.78, 5) is 22.4. The number of carbonyl (C=O) groups excluding carboxylic acids is 1. The van der Waals surface area contributed by atoms with Crippen LogP contribution in [0.4, 0.5) is 11.4 Å². The number of nitro benzene ring substituents is 1. The maximum Gasteiger partial charge on any atom is 0.292 e. The van der Waals surface area contributed by atoms with Gasteiger partial charge in [0.1, 0.15) is 5.69 Å². The van der Waals surface area contributed by atoms with E-state index >= 15 is 0 Å². The lowest BCUT2D eigenvalue weighted by molar-refractivity contribution is -0.383. The number of nitrogens with one attached hydrogen (secondary N) is 1. The van der Waals surface area contributed by atoms with Gasteiger partial charge >= 0.3 is 0 Å². The van der Waals surface area contributed by atoms with Crippen molar-refractivity contribution in [3.63, 3.8) is 0 Å². The number of hydrogen-bond acceptors (Lipinski definition) is 4. The molecule has 2 aromatic carbocycles. The summed E-state index contributed by atoms with van der Waals surface area (Å²) in [6.07, 6.45) is 0. The van der Waals surface area contributed by atoms with E-state index in [0.29, 0.717) is 0 Å². The van der Waals surface area contributed by atoms with E-state index in [9.17, 15) is 14.9 Å². The molecule has 0 aliphatic heterocycles. The van der Waals surface area contributed by atoms with Gasteiger partial charge < -0.3 is 11.1 Å². The van der Waals surface area contributed by atoms with Crippen LogP contribution < -0.4 is 11.1 Å². The number of rotatable bonds is 4. The number of nitrogens with zero attached hydrogens (tertiary/aromatic N) is 1. The Bertz CT molecular complexity index is 671. The Morgan fingerprint density at radius 3 is 2.52 bits per heavy atom. The molecule has 108 valence electrons. The van der Waals surface area contributed by atoms with E-state index in [4.69, 9.17) is 5.73 Å². The second kappa shape index (κ2) is 6.04. The Hall–Kier alpha value is -2.89. The van der Waals surface area contributed by atoms with Crippen molar-refractivity contribution in [2.75, 3.05) is 5.73 Å². The Labute approximate surface area is 121 Å². The lowest BCUT2D eigenvalue weighted by Gasteiger charge is -2.14. The van der Waals surface area contributed by atoms with Gasteiger partial charge in [-0.15, -0.1) is 0 Å². The summed E-state index contributed by atoms with van der Waals surface area (Å²) in [5.74, 6) is -0.380. The standard InChI is InChI=1S/C15H15N3O3/c1-10(11-5-3-2-4-6-11)17-15(19)12-7-8-13(16)14(9-12)18(20)21/h2-10H,16H2,1H3,(H,17,19). The molecule has 1 amide bonds. The van der Waals surface area contributed by atoms with Crippen molar-refractivity contribution in [3.05, 3.63) is 69.8 Å². The van der Waals surface area contributed by atoms with Crippen LogP contribution >= 0.6 is 0 Å². The van der Waals surface area contributed by atoms with Crippen molar-refractivity contribution in [1.82, 2.24) is 5.32 Å². The van der Waals surface area contributed by atoms with Crippen LogP contribution in [0.5, 0.6) is 0 Å². The summed E-state index contributed by atoms with van der Waals surface area (Å²) in [5, 5.41) is 13.6. The number of nitro groups is 1. The number of hydrogen-bond donors (Lipinski definition) is 2. The number of benzene rings is 2. The van der Waals surface area contributed by atoms with Crippen molar-refractivity contribution in [2.24, 2.45) is 0 Å². The SMILES string of the molecule is CC(NC(=O)c1ccc(N)c([N+](=O)[O-])c1)c1ccccc1. The average molecular weight is 285 g/mol. The number of amides is 1. The monoisotopic (exact) mass is 285 g/mol. The summed E-state index contributed by atoms with van der Waals surface area (Å²) in [6.45, 7) is 1.85. The molecule has 0 saturated carbocycles. The van der Waals surface area contributed by atoms with Crippen LogP contribution in [0, 0.1) is 10.1 Å². The van der Waals surface area contributed by atoms with E-state index in [1.807, 2.05) is 37.3 Å². The minimum absolute atomic E-state index is 0.0349. The van der Waals surface area contributed by atoms with E-state index in [2.05, 4.69) is 5.32 Å². The molecule has 0 aliphatic rings. The van der Waals surface area contributed by atoms with E-state index in [-0.39, 0.29) is 28.9 Å². The maximum atomic E-state index is 12.1. The zero-order valence-electron chi connectivity index (χ0n) is 11.4. The molecule has 1 unspecified atom stereocenters. The van der Waals surface area contributed by atoms with Crippen LogP contribution in [0.15, 0.2) is 48.5 Å². The van der Waals surface area contributed by atoms with E-state index in [1.54, 1.807) is 0 Å². The number of nitrogen functional groups attached to an aromatic ring is 1. The fourth-order valence-electron chi connectivity index (χ4n) is 1.95. The fraction of sp³-hybridized carbons (Fsp3) is 0.133. The second-order valence-electron chi connectivity index (χ2n) is 4.64. The molecular weight excluding hydrogens is 270 g/mol. The van der Waals surface area contributed by atoms with E-state index in [1.165, 1.54) is 18.2 Å². The minimum Gasteiger partial charge on any atom is -0.393 e. The van der Waals surface area contributed by atoms with Gasteiger partial charge in [-0.25, -0.2) is 0 Å². The van der Waals surface area contributed by atoms with Gasteiger partial charge in [-0.1, -0.05) is 30.3 Å². The Morgan fingerprint density at radius 1 is 1.24 bits per heavy atom. The van der Waals surface area contributed by atoms with Crippen molar-refractivity contribution >= 4 is 17.3 Å². The predicted octanol–water partition coefficient (Wildman–Crippen LogP) is 2.67. The summed E-state index contributed by atoms with van der Waals surface area (Å²) < 4.78 is 0. The maximum absolute atomic E-state index is 12.1. The minimum atomic E-state index is -0.604. The lowest BCUT2D eigenvalue weighted by atomic mass is 10.1. The summed E-state index contributed by atoms with van der Waals surface area (Å²) in [5.41, 5.74) is 6.44. The molecule has 0 spiro atoms. The van der Waals surface area contributed by atoms with Crippen LogP contribution in [-0.4, -0.2) is 10.8 Å². The van der Waals surface area contributed by atoms with Gasteiger partial charge in [0, 0.05) is 11.6 Å². The second-order valence-corrected chi connectivity index (χ2v) is 4.64. The molecule has 0 bridgehead atoms. The third-order valence-electron chi connectivity index (χ3n) is 3.14. The molecule has 0 saturated heterocycles. The van der Waals surface area contributed by atoms with Crippen molar-refractivity contribution < 1.29 is 9.72 Å². The molecule has 21 heavy (non-hydrogen) atoms. The molecule has 6 heteroatoms. The highest BCUT2D eigenvalue weighted by atomic mass is 16.6. The first-order valence-electron chi connectivity index (χ1n) is 6.38. The van der Waals surface area contributed by atoms with Gasteiger partial charge in [-0.3, -0.25) is 14.9 Å². The average Bonchev–Trinajstić information content (AvgIpc) is 2.48. The molecule has 1 atom stereocenters. The molecule has 0 fully saturated rings. The molecule has 0 aromatic heterocycles. The highest BCUT2D eigenvalue weighted by Gasteiger charge is 2.17. The molecule has 0 aliphatic carbocycles. The zero-order valence-corrected chi connectivity index (χ0v) is 11.4. The summed E-state index contributed by atoms with van der Waals surface area (Å²) in [6, 6.07) is 13.3. The molecule has 3 N–H and O–H groups in total. The van der Waals surface area contributed by atoms with Gasteiger partial charge in [-0.2, -0.15) is 0 Å². The smallest absolute Gasteiger partial charge is 0.292 e. The van der Waals surface area contributed by atoms with Crippen LogP contribution in [0.1, 0.15) is 28.9 Å². The Balaban J connectivity index is 2.17. The van der Waals surface area contributed by atoms with Crippen LogP contribution in [0.2, 0.25) is 0 Å². The molecule has 0 heterocycles. The summed E-state index contributed by atoms with van der Waals surface area (Å²) >= 11 is 0. The topological polar surface area (TPSA) is 98.3 Å². The van der Waals surface area contributed by atoms with Crippen LogP contribution in [0.25, 0.3) is 0 Å². The Kier molecular flexibility index (Phi) is 4.18. The highest BCUT2D eigenvalue weighted by molar-refractivity contribution is 5.95. The first-order chi connectivity index (χ1) is 9.99. The molecule has 2 aromatic rings. The van der Waals surface area contributed by atoms with E-state index < -0.39 is 4.92 Å². The van der Waals surface area contributed by atoms with Gasteiger partial charge in [-0.05, 0) is 24.6 Å². The molecule has 6 nitrogen and oxygen atoms in total. The van der Waals surface area contributed by atoms with Gasteiger partial charge in [0.2, 0.25) is 0 Å². The molecule has 2 rings (SSSR count). The van der Waals surface area contributed by atoms with Crippen molar-refractivity contribution in [2.45, 2.75) is 13.0 Å². The van der Waals surface area contributed by atoms with Gasteiger partial charge in [0.25, 0.3) is 11.6 Å². The zero-order chi connectivity index (χ0) is 15.4. The van der Waals surface area contributed by atoms with Crippen LogP contribution in [0.3, 0.4) is 0 Å². The number of carbonyl (C=O) groups is 1. The van der Waals surface area contributed by atoms with E-state index in [0.717, 1.165) is 5.56 Å². The van der Waals surface area contributed by atoms with Gasteiger partial charge in [0.05, 0.1) is 11.0 Å².